The van der Waals surface area contributed by atoms with Crippen molar-refractivity contribution in [2.24, 2.45) is 5.92 Å². The molecule has 1 saturated carbocycles. The van der Waals surface area contributed by atoms with E-state index in [1.807, 2.05) is 67.7 Å². The van der Waals surface area contributed by atoms with Crippen molar-refractivity contribution in [1.29, 1.82) is 0 Å². The highest BCUT2D eigenvalue weighted by Gasteiger charge is 2.54. The van der Waals surface area contributed by atoms with E-state index < -0.39 is 17.9 Å². The summed E-state index contributed by atoms with van der Waals surface area (Å²) in [5.41, 5.74) is 2.45. The molecule has 0 aromatic heterocycles. The maximum Gasteiger partial charge on any atom is 0.326 e. The summed E-state index contributed by atoms with van der Waals surface area (Å²) in [7, 11) is 1.96. The fourth-order valence-corrected chi connectivity index (χ4v) is 6.16. The normalized spacial score (nSPS) is 22.3. The van der Waals surface area contributed by atoms with E-state index in [0.29, 0.717) is 13.0 Å². The number of piperidine rings is 2. The molecule has 0 spiro atoms. The molecule has 2 bridgehead atoms. The molecule has 3 aromatic carbocycles. The second-order valence-corrected chi connectivity index (χ2v) is 10.2. The third-order valence-corrected chi connectivity index (χ3v) is 7.93. The molecule has 1 N–H and O–H groups in total. The van der Waals surface area contributed by atoms with Crippen LogP contribution in [-0.2, 0) is 9.59 Å². The van der Waals surface area contributed by atoms with Crippen molar-refractivity contribution < 1.29 is 19.1 Å². The summed E-state index contributed by atoms with van der Waals surface area (Å²) in [5, 5.41) is 10.4. The number of fused-ring (bicyclic) bond motifs is 3. The Hall–Kier alpha value is -3.95. The number of carboxylic acid groups (broad SMARTS) is 1. The average Bonchev–Trinajstić information content (AvgIpc) is 2.95. The van der Waals surface area contributed by atoms with E-state index in [1.165, 1.54) is 12.1 Å². The lowest BCUT2D eigenvalue weighted by atomic mass is 9.70. The van der Waals surface area contributed by atoms with Gasteiger partial charge in [0.1, 0.15) is 11.9 Å². The molecule has 3 aromatic rings. The van der Waals surface area contributed by atoms with Gasteiger partial charge in [0.2, 0.25) is 5.91 Å². The summed E-state index contributed by atoms with van der Waals surface area (Å²) in [6, 6.07) is 24.2. The largest absolute Gasteiger partial charge is 0.480 e. The second-order valence-electron chi connectivity index (χ2n) is 10.2. The lowest BCUT2D eigenvalue weighted by Crippen LogP contribution is -2.67. The molecule has 2 heterocycles. The number of carbonyl (C=O) groups excluding carboxylic acids is 1. The van der Waals surface area contributed by atoms with Gasteiger partial charge in [0.25, 0.3) is 0 Å². The van der Waals surface area contributed by atoms with Gasteiger partial charge >= 0.3 is 5.97 Å². The molecule has 38 heavy (non-hydrogen) atoms. The topological polar surface area (TPSA) is 60.9 Å². The quantitative estimate of drug-likeness (QED) is 0.485. The van der Waals surface area contributed by atoms with E-state index in [1.54, 1.807) is 17.0 Å². The van der Waals surface area contributed by atoms with Crippen molar-refractivity contribution in [3.05, 3.63) is 107 Å². The van der Waals surface area contributed by atoms with Crippen molar-refractivity contribution in [3.63, 3.8) is 0 Å². The summed E-state index contributed by atoms with van der Waals surface area (Å²) in [6.07, 6.45) is 2.26. The number of carboxylic acids is 1. The van der Waals surface area contributed by atoms with E-state index in [0.717, 1.165) is 29.5 Å². The number of amides is 1. The molecule has 3 fully saturated rings. The van der Waals surface area contributed by atoms with Gasteiger partial charge in [-0.1, -0.05) is 72.5 Å². The van der Waals surface area contributed by atoms with Gasteiger partial charge in [0.05, 0.1) is 12.5 Å². The molecule has 1 unspecified atom stereocenters. The standard InChI is InChI=1S/C32H31FN2O3/c1-34(20-8-9-22-14-16-25(33)17-15-22)28-21-26-18-19-27(28)30(32(37)38)35(26)31(36)29(23-10-4-2-5-11-23)24-12-6-3-7-13-24/h2-7,10-17,26-30H,18-21H2,1H3,(H,37,38)/t26-,27+,28?,30-/m0/s1. The molecule has 6 heteroatoms. The van der Waals surface area contributed by atoms with E-state index in [4.69, 9.17) is 0 Å². The Balaban J connectivity index is 1.39. The summed E-state index contributed by atoms with van der Waals surface area (Å²) in [5.74, 6) is 4.05. The summed E-state index contributed by atoms with van der Waals surface area (Å²) < 4.78 is 13.2. The smallest absolute Gasteiger partial charge is 0.326 e. The Morgan fingerprint density at radius 2 is 1.58 bits per heavy atom. The molecule has 4 atom stereocenters. The zero-order chi connectivity index (χ0) is 26.6. The van der Waals surface area contributed by atoms with Crippen LogP contribution in [0.3, 0.4) is 0 Å². The predicted octanol–water partition coefficient (Wildman–Crippen LogP) is 4.77. The monoisotopic (exact) mass is 510 g/mol. The first-order valence-corrected chi connectivity index (χ1v) is 13.0. The molecule has 2 saturated heterocycles. The van der Waals surface area contributed by atoms with Crippen molar-refractivity contribution in [1.82, 2.24) is 9.80 Å². The second kappa shape index (κ2) is 11.2. The predicted molar refractivity (Wildman–Crippen MR) is 144 cm³/mol. The number of hydrogen-bond acceptors (Lipinski definition) is 3. The Morgan fingerprint density at radius 1 is 0.974 bits per heavy atom. The van der Waals surface area contributed by atoms with Crippen LogP contribution in [0.25, 0.3) is 0 Å². The first kappa shape index (κ1) is 25.7. The van der Waals surface area contributed by atoms with Crippen molar-refractivity contribution in [2.45, 2.75) is 43.3 Å². The highest BCUT2D eigenvalue weighted by molar-refractivity contribution is 5.91. The number of halogens is 1. The van der Waals surface area contributed by atoms with Crippen LogP contribution in [0, 0.1) is 23.6 Å². The molecular weight excluding hydrogens is 479 g/mol. The van der Waals surface area contributed by atoms with Crippen LogP contribution in [0.15, 0.2) is 84.9 Å². The highest BCUT2D eigenvalue weighted by Crippen LogP contribution is 2.44. The van der Waals surface area contributed by atoms with Crippen molar-refractivity contribution in [3.8, 4) is 11.8 Å². The van der Waals surface area contributed by atoms with Gasteiger partial charge in [0.15, 0.2) is 0 Å². The summed E-state index contributed by atoms with van der Waals surface area (Å²) in [6.45, 7) is 0.461. The number of benzene rings is 3. The lowest BCUT2D eigenvalue weighted by molar-refractivity contribution is -0.168. The average molecular weight is 511 g/mol. The molecule has 5 nitrogen and oxygen atoms in total. The zero-order valence-electron chi connectivity index (χ0n) is 21.3. The van der Waals surface area contributed by atoms with Gasteiger partial charge in [-0.15, -0.1) is 0 Å². The fraction of sp³-hybridized carbons (Fsp3) is 0.312. The van der Waals surface area contributed by atoms with Gasteiger partial charge in [-0.3, -0.25) is 9.69 Å². The number of aliphatic carboxylic acids is 1. The van der Waals surface area contributed by atoms with Gasteiger partial charge in [0, 0.05) is 23.6 Å². The van der Waals surface area contributed by atoms with Crippen LogP contribution in [0.2, 0.25) is 0 Å². The molecule has 1 amide bonds. The lowest BCUT2D eigenvalue weighted by Gasteiger charge is -2.55. The van der Waals surface area contributed by atoms with E-state index >= 15 is 0 Å². The first-order chi connectivity index (χ1) is 18.4. The third kappa shape index (κ3) is 5.20. The van der Waals surface area contributed by atoms with E-state index in [9.17, 15) is 19.1 Å². The Labute approximate surface area is 222 Å². The Morgan fingerprint density at radius 3 is 2.16 bits per heavy atom. The van der Waals surface area contributed by atoms with Gasteiger partial charge in [-0.05, 0) is 61.7 Å². The Kier molecular flexibility index (Phi) is 7.57. The maximum atomic E-state index is 14.2. The molecule has 3 aliphatic rings. The van der Waals surface area contributed by atoms with Crippen LogP contribution in [0.4, 0.5) is 4.39 Å². The molecular formula is C32H31FN2O3. The molecule has 6 rings (SSSR count). The van der Waals surface area contributed by atoms with Crippen molar-refractivity contribution >= 4 is 11.9 Å². The van der Waals surface area contributed by atoms with Crippen LogP contribution >= 0.6 is 0 Å². The SMILES string of the molecule is CN(CC#Cc1ccc(F)cc1)C1C[C@@H]2CC[C@H]1[C@@H](C(=O)O)N2C(=O)C(c1ccccc1)c1ccccc1. The highest BCUT2D eigenvalue weighted by atomic mass is 19.1. The zero-order valence-corrected chi connectivity index (χ0v) is 21.3. The maximum absolute atomic E-state index is 14.2. The molecule has 1 aliphatic carbocycles. The Bertz CT molecular complexity index is 1290. The summed E-state index contributed by atoms with van der Waals surface area (Å²) in [4.78, 5) is 30.7. The number of hydrogen-bond donors (Lipinski definition) is 1. The molecule has 2 aliphatic heterocycles. The van der Waals surface area contributed by atoms with Crippen LogP contribution in [-0.4, -0.2) is 58.5 Å². The fourth-order valence-electron chi connectivity index (χ4n) is 6.16. The number of rotatable bonds is 6. The molecule has 0 radical (unpaired) electrons. The van der Waals surface area contributed by atoms with Crippen LogP contribution in [0.5, 0.6) is 0 Å². The first-order valence-electron chi connectivity index (χ1n) is 13.0. The van der Waals surface area contributed by atoms with E-state index in [2.05, 4.69) is 16.7 Å². The molecule has 194 valence electrons. The number of nitrogens with zero attached hydrogens (tertiary/aromatic N) is 2. The number of carbonyl (C=O) groups is 2. The third-order valence-electron chi connectivity index (χ3n) is 7.93. The van der Waals surface area contributed by atoms with Gasteiger partial charge in [-0.25, -0.2) is 9.18 Å². The minimum atomic E-state index is -0.955. The minimum Gasteiger partial charge on any atom is -0.480 e. The minimum absolute atomic E-state index is 0.00770. The van der Waals surface area contributed by atoms with Crippen molar-refractivity contribution in [2.75, 3.05) is 13.6 Å². The summed E-state index contributed by atoms with van der Waals surface area (Å²) >= 11 is 0. The van der Waals surface area contributed by atoms with Crippen LogP contribution in [0.1, 0.15) is 41.9 Å². The van der Waals surface area contributed by atoms with Crippen LogP contribution < -0.4 is 0 Å². The van der Waals surface area contributed by atoms with Gasteiger partial charge in [-0.2, -0.15) is 0 Å². The van der Waals surface area contributed by atoms with E-state index in [-0.39, 0.29) is 29.7 Å². The van der Waals surface area contributed by atoms with Gasteiger partial charge < -0.3 is 10.0 Å².